The van der Waals surface area contributed by atoms with Gasteiger partial charge in [-0.3, -0.25) is 4.79 Å². The first-order valence-electron chi connectivity index (χ1n) is 6.90. The van der Waals surface area contributed by atoms with E-state index >= 15 is 0 Å². The van der Waals surface area contributed by atoms with Gasteiger partial charge in [-0.05, 0) is 31.4 Å². The maximum atomic E-state index is 12.1. The van der Waals surface area contributed by atoms with Crippen LogP contribution in [-0.2, 0) is 4.79 Å². The molecule has 1 aliphatic heterocycles. The molecule has 1 N–H and O–H groups in total. The fourth-order valence-electron chi connectivity index (χ4n) is 2.01. The van der Waals surface area contributed by atoms with Crippen LogP contribution < -0.4 is 5.32 Å². The summed E-state index contributed by atoms with van der Waals surface area (Å²) in [6.07, 6.45) is 3.98. The zero-order valence-electron chi connectivity index (χ0n) is 12.5. The molecule has 1 aliphatic rings. The first-order valence-corrected chi connectivity index (χ1v) is 6.90. The van der Waals surface area contributed by atoms with E-state index < -0.39 is 11.6 Å². The predicted octanol–water partition coefficient (Wildman–Crippen LogP) is 2.80. The summed E-state index contributed by atoms with van der Waals surface area (Å²) in [6.45, 7) is 5.43. The van der Waals surface area contributed by atoms with E-state index in [-0.39, 0.29) is 5.91 Å². The molecular weight excluding hydrogens is 266 g/mol. The number of nitrogens with one attached hydrogen (secondary N) is 1. The number of nitrogens with zero attached hydrogens (tertiary/aromatic N) is 2. The zero-order chi connectivity index (χ0) is 15.5. The molecule has 1 fully saturated rings. The molecule has 110 valence electrons. The van der Waals surface area contributed by atoms with Crippen LogP contribution in [0.4, 0.5) is 4.79 Å². The van der Waals surface area contributed by atoms with E-state index in [1.54, 1.807) is 6.92 Å². The molecular formula is C16H19N3O2. The Morgan fingerprint density at radius 2 is 2.00 bits per heavy atom. The van der Waals surface area contributed by atoms with Crippen LogP contribution >= 0.6 is 0 Å². The third-order valence-electron chi connectivity index (χ3n) is 3.52. The molecule has 1 heterocycles. The number of rotatable bonds is 4. The van der Waals surface area contributed by atoms with Gasteiger partial charge in [-0.15, -0.1) is 5.01 Å². The summed E-state index contributed by atoms with van der Waals surface area (Å²) in [5.74, 6) is -0.321. The van der Waals surface area contributed by atoms with Crippen molar-refractivity contribution in [1.29, 1.82) is 0 Å². The number of amides is 3. The number of urea groups is 1. The van der Waals surface area contributed by atoms with Crippen molar-refractivity contribution in [3.8, 4) is 0 Å². The number of hydrazone groups is 1. The van der Waals surface area contributed by atoms with Gasteiger partial charge in [0.1, 0.15) is 5.54 Å². The molecule has 0 aromatic heterocycles. The highest BCUT2D eigenvalue weighted by Crippen LogP contribution is 2.20. The van der Waals surface area contributed by atoms with E-state index in [9.17, 15) is 9.59 Å². The van der Waals surface area contributed by atoms with Crippen LogP contribution in [-0.4, -0.2) is 28.7 Å². The van der Waals surface area contributed by atoms with Crippen molar-refractivity contribution < 1.29 is 9.59 Å². The monoisotopic (exact) mass is 285 g/mol. The lowest BCUT2D eigenvalue weighted by molar-refractivity contribution is -0.130. The lowest BCUT2D eigenvalue weighted by Crippen LogP contribution is -2.42. The van der Waals surface area contributed by atoms with Crippen LogP contribution in [0.5, 0.6) is 0 Å². The molecule has 3 amide bonds. The smallest absolute Gasteiger partial charge is 0.322 e. The highest BCUT2D eigenvalue weighted by molar-refractivity contribution is 6.07. The Morgan fingerprint density at radius 3 is 2.57 bits per heavy atom. The van der Waals surface area contributed by atoms with Crippen LogP contribution in [0.1, 0.15) is 32.8 Å². The molecule has 0 saturated carbocycles. The molecule has 5 heteroatoms. The molecule has 0 radical (unpaired) electrons. The van der Waals surface area contributed by atoms with Crippen LogP contribution in [0.3, 0.4) is 0 Å². The molecule has 1 saturated heterocycles. The summed E-state index contributed by atoms with van der Waals surface area (Å²) in [4.78, 5) is 23.9. The SMILES string of the molecule is CC[C@]1(C)NC(=O)N(/N=C\C(C)=C\c2ccccc2)C1=O. The number of hydrogen-bond acceptors (Lipinski definition) is 3. The Balaban J connectivity index is 2.13. The summed E-state index contributed by atoms with van der Waals surface area (Å²) < 4.78 is 0. The summed E-state index contributed by atoms with van der Waals surface area (Å²) in [5.41, 5.74) is 1.04. The van der Waals surface area contributed by atoms with E-state index in [0.717, 1.165) is 16.1 Å². The normalized spacial score (nSPS) is 23.0. The molecule has 0 aliphatic carbocycles. The minimum atomic E-state index is -0.856. The largest absolute Gasteiger partial charge is 0.346 e. The van der Waals surface area contributed by atoms with Crippen molar-refractivity contribution in [2.45, 2.75) is 32.7 Å². The lowest BCUT2D eigenvalue weighted by Gasteiger charge is -2.17. The summed E-state index contributed by atoms with van der Waals surface area (Å²) >= 11 is 0. The molecule has 0 spiro atoms. The summed E-state index contributed by atoms with van der Waals surface area (Å²) in [7, 11) is 0. The molecule has 21 heavy (non-hydrogen) atoms. The maximum Gasteiger partial charge on any atom is 0.346 e. The Labute approximate surface area is 124 Å². The molecule has 1 atom stereocenters. The van der Waals surface area contributed by atoms with Gasteiger partial charge in [0.15, 0.2) is 0 Å². The lowest BCUT2D eigenvalue weighted by atomic mass is 10.00. The van der Waals surface area contributed by atoms with Crippen LogP contribution in [0, 0.1) is 0 Å². The fraction of sp³-hybridized carbons (Fsp3) is 0.312. The number of carbonyl (C=O) groups excluding carboxylic acids is 2. The Kier molecular flexibility index (Phi) is 4.21. The Morgan fingerprint density at radius 1 is 1.33 bits per heavy atom. The second kappa shape index (κ2) is 5.91. The standard InChI is InChI=1S/C16H19N3O2/c1-4-16(3)14(20)19(15(21)18-16)17-11-12(2)10-13-8-6-5-7-9-13/h5-11H,4H2,1-3H3,(H,18,21)/b12-10+,17-11-/t16-/m0/s1. The number of carbonyl (C=O) groups is 2. The predicted molar refractivity (Wildman–Crippen MR) is 82.7 cm³/mol. The van der Waals surface area contributed by atoms with Crippen LogP contribution in [0.15, 0.2) is 41.0 Å². The molecule has 0 unspecified atom stereocenters. The van der Waals surface area contributed by atoms with Gasteiger partial charge >= 0.3 is 6.03 Å². The van der Waals surface area contributed by atoms with Crippen molar-refractivity contribution in [1.82, 2.24) is 10.3 Å². The van der Waals surface area contributed by atoms with Crippen molar-refractivity contribution in [3.05, 3.63) is 41.5 Å². The van der Waals surface area contributed by atoms with Gasteiger partial charge in [-0.1, -0.05) is 43.3 Å². The summed E-state index contributed by atoms with van der Waals surface area (Å²) in [5, 5.41) is 7.56. The first kappa shape index (κ1) is 15.0. The van der Waals surface area contributed by atoms with Gasteiger partial charge in [0, 0.05) is 0 Å². The van der Waals surface area contributed by atoms with Gasteiger partial charge in [-0.2, -0.15) is 5.10 Å². The van der Waals surface area contributed by atoms with E-state index in [0.29, 0.717) is 6.42 Å². The number of benzene rings is 1. The number of imide groups is 1. The van der Waals surface area contributed by atoms with Crippen molar-refractivity contribution in [2.24, 2.45) is 5.10 Å². The van der Waals surface area contributed by atoms with E-state index in [4.69, 9.17) is 0 Å². The van der Waals surface area contributed by atoms with E-state index in [1.165, 1.54) is 6.21 Å². The van der Waals surface area contributed by atoms with Gasteiger partial charge in [-0.25, -0.2) is 4.79 Å². The van der Waals surface area contributed by atoms with E-state index in [2.05, 4.69) is 10.4 Å². The first-order chi connectivity index (χ1) is 9.96. The molecule has 1 aromatic carbocycles. The second-order valence-electron chi connectivity index (χ2n) is 5.28. The van der Waals surface area contributed by atoms with E-state index in [1.807, 2.05) is 50.3 Å². The maximum absolute atomic E-state index is 12.1. The molecule has 5 nitrogen and oxygen atoms in total. The average Bonchev–Trinajstić information content (AvgIpc) is 2.69. The average molecular weight is 285 g/mol. The highest BCUT2D eigenvalue weighted by atomic mass is 16.2. The summed E-state index contributed by atoms with van der Waals surface area (Å²) in [6, 6.07) is 9.30. The number of allylic oxidation sites excluding steroid dienone is 1. The number of hydrogen-bond donors (Lipinski definition) is 1. The van der Waals surface area contributed by atoms with Crippen LogP contribution in [0.25, 0.3) is 6.08 Å². The molecule has 1 aromatic rings. The molecule has 2 rings (SSSR count). The van der Waals surface area contributed by atoms with Crippen molar-refractivity contribution >= 4 is 24.2 Å². The molecule has 0 bridgehead atoms. The third kappa shape index (κ3) is 3.18. The zero-order valence-corrected chi connectivity index (χ0v) is 12.5. The quantitative estimate of drug-likeness (QED) is 0.683. The minimum Gasteiger partial charge on any atom is -0.322 e. The Hall–Kier alpha value is -2.43. The topological polar surface area (TPSA) is 61.8 Å². The minimum absolute atomic E-state index is 0.321. The van der Waals surface area contributed by atoms with Crippen molar-refractivity contribution in [3.63, 3.8) is 0 Å². The fourth-order valence-corrected chi connectivity index (χ4v) is 2.01. The second-order valence-corrected chi connectivity index (χ2v) is 5.28. The van der Waals surface area contributed by atoms with Crippen LogP contribution in [0.2, 0.25) is 0 Å². The van der Waals surface area contributed by atoms with Gasteiger partial charge in [0.2, 0.25) is 0 Å². The van der Waals surface area contributed by atoms with Gasteiger partial charge < -0.3 is 5.32 Å². The van der Waals surface area contributed by atoms with Gasteiger partial charge in [0.25, 0.3) is 5.91 Å². The highest BCUT2D eigenvalue weighted by Gasteiger charge is 2.46. The Bertz CT molecular complexity index is 607. The van der Waals surface area contributed by atoms with Gasteiger partial charge in [0.05, 0.1) is 6.21 Å². The third-order valence-corrected chi connectivity index (χ3v) is 3.52. The van der Waals surface area contributed by atoms with Crippen molar-refractivity contribution in [2.75, 3.05) is 0 Å².